The van der Waals surface area contributed by atoms with Crippen LogP contribution in [0.2, 0.25) is 0 Å². The lowest BCUT2D eigenvalue weighted by atomic mass is 10.1. The molecule has 0 bridgehead atoms. The Morgan fingerprint density at radius 1 is 0.968 bits per heavy atom. The summed E-state index contributed by atoms with van der Waals surface area (Å²) in [5.74, 6) is -1.03. The molecule has 1 saturated heterocycles. The highest BCUT2D eigenvalue weighted by Gasteiger charge is 2.31. The minimum Gasteiger partial charge on any atom is -0.452 e. The molecule has 0 aliphatic carbocycles. The third-order valence-corrected chi connectivity index (χ3v) is 5.19. The molecule has 0 saturated carbocycles. The lowest BCUT2D eigenvalue weighted by Crippen LogP contribution is -2.51. The van der Waals surface area contributed by atoms with Crippen LogP contribution in [0.15, 0.2) is 54.6 Å². The highest BCUT2D eigenvalue weighted by molar-refractivity contribution is 5.84. The summed E-state index contributed by atoms with van der Waals surface area (Å²) in [6.07, 6.45) is -5.79. The first kappa shape index (κ1) is 22.8. The smallest absolute Gasteiger partial charge is 0.416 e. The lowest BCUT2D eigenvalue weighted by molar-refractivity contribution is -0.159. The van der Waals surface area contributed by atoms with E-state index >= 15 is 0 Å². The van der Waals surface area contributed by atoms with Gasteiger partial charge in [0.25, 0.3) is 5.91 Å². The number of hydrogen-bond donors (Lipinski definition) is 0. The zero-order valence-corrected chi connectivity index (χ0v) is 17.3. The van der Waals surface area contributed by atoms with Crippen LogP contribution in [0.4, 0.5) is 13.2 Å². The number of halogens is 3. The third kappa shape index (κ3) is 6.55. The van der Waals surface area contributed by atoms with Crippen LogP contribution in [0.25, 0.3) is 0 Å². The third-order valence-electron chi connectivity index (χ3n) is 5.19. The fraction of sp³-hybridized carbons (Fsp3) is 0.391. The first-order chi connectivity index (χ1) is 14.7. The Balaban J connectivity index is 1.47. The summed E-state index contributed by atoms with van der Waals surface area (Å²) in [7, 11) is 0. The van der Waals surface area contributed by atoms with Crippen LogP contribution < -0.4 is 0 Å². The number of rotatable bonds is 6. The van der Waals surface area contributed by atoms with Crippen molar-refractivity contribution in [2.45, 2.75) is 32.2 Å². The highest BCUT2D eigenvalue weighted by Crippen LogP contribution is 2.29. The summed E-state index contributed by atoms with van der Waals surface area (Å²) < 4.78 is 43.6. The van der Waals surface area contributed by atoms with Crippen molar-refractivity contribution >= 4 is 11.9 Å². The van der Waals surface area contributed by atoms with Gasteiger partial charge >= 0.3 is 12.1 Å². The van der Waals surface area contributed by atoms with Gasteiger partial charge in [0.05, 0.1) is 12.0 Å². The number of benzene rings is 2. The Morgan fingerprint density at radius 3 is 2.26 bits per heavy atom. The predicted molar refractivity (Wildman–Crippen MR) is 109 cm³/mol. The molecule has 3 rings (SSSR count). The van der Waals surface area contributed by atoms with Gasteiger partial charge in [0.1, 0.15) is 0 Å². The molecule has 0 N–H and O–H groups in total. The molecule has 2 aromatic rings. The summed E-state index contributed by atoms with van der Waals surface area (Å²) in [6, 6.07) is 14.6. The van der Waals surface area contributed by atoms with Gasteiger partial charge in [0.2, 0.25) is 0 Å². The van der Waals surface area contributed by atoms with Crippen molar-refractivity contribution in [3.8, 4) is 0 Å². The molecule has 0 radical (unpaired) electrons. The molecule has 1 unspecified atom stereocenters. The molecule has 1 atom stereocenters. The Morgan fingerprint density at radius 2 is 1.61 bits per heavy atom. The quantitative estimate of drug-likeness (QED) is 0.653. The van der Waals surface area contributed by atoms with Crippen LogP contribution in [0, 0.1) is 0 Å². The van der Waals surface area contributed by atoms with Crippen molar-refractivity contribution in [2.24, 2.45) is 0 Å². The maximum absolute atomic E-state index is 12.8. The number of ether oxygens (including phenoxy) is 1. The number of amides is 1. The van der Waals surface area contributed by atoms with Crippen molar-refractivity contribution in [1.82, 2.24) is 9.80 Å². The molecule has 31 heavy (non-hydrogen) atoms. The summed E-state index contributed by atoms with van der Waals surface area (Å²) in [5.41, 5.74) is 0.573. The first-order valence-corrected chi connectivity index (χ1v) is 10.1. The molecular formula is C23H25F3N2O3. The van der Waals surface area contributed by atoms with E-state index in [1.165, 1.54) is 24.6 Å². The van der Waals surface area contributed by atoms with Crippen molar-refractivity contribution in [3.63, 3.8) is 0 Å². The number of carbonyl (C=O) groups excluding carboxylic acids is 2. The van der Waals surface area contributed by atoms with Gasteiger partial charge in [-0.3, -0.25) is 14.5 Å². The van der Waals surface area contributed by atoms with E-state index in [0.29, 0.717) is 26.2 Å². The molecule has 8 heteroatoms. The Bertz CT molecular complexity index is 894. The van der Waals surface area contributed by atoms with Crippen molar-refractivity contribution in [2.75, 3.05) is 26.2 Å². The Labute approximate surface area is 179 Å². The summed E-state index contributed by atoms with van der Waals surface area (Å²) in [4.78, 5) is 28.7. The van der Waals surface area contributed by atoms with Crippen LogP contribution in [0.1, 0.15) is 23.6 Å². The van der Waals surface area contributed by atoms with E-state index in [1.807, 2.05) is 18.2 Å². The number of piperazine rings is 1. The molecule has 1 aliphatic heterocycles. The van der Waals surface area contributed by atoms with E-state index in [4.69, 9.17) is 4.74 Å². The van der Waals surface area contributed by atoms with Crippen molar-refractivity contribution < 1.29 is 27.5 Å². The SMILES string of the molecule is CC(OC(=O)Cc1cccc(C(F)(F)F)c1)C(=O)N1CCN(Cc2ccccc2)CC1. The zero-order chi connectivity index (χ0) is 22.4. The Hall–Kier alpha value is -2.87. The van der Waals surface area contributed by atoms with E-state index < -0.39 is 23.8 Å². The van der Waals surface area contributed by atoms with Gasteiger partial charge in [0.15, 0.2) is 6.10 Å². The standard InChI is InChI=1S/C23H25F3N2O3/c1-17(31-21(29)15-19-8-5-9-20(14-19)23(24,25)26)22(30)28-12-10-27(11-13-28)16-18-6-3-2-4-7-18/h2-9,14,17H,10-13,15-16H2,1H3. The van der Waals surface area contributed by atoms with Gasteiger partial charge in [-0.25, -0.2) is 0 Å². The van der Waals surface area contributed by atoms with Crippen LogP contribution in [0.5, 0.6) is 0 Å². The summed E-state index contributed by atoms with van der Waals surface area (Å²) in [5, 5.41) is 0. The minimum absolute atomic E-state index is 0.189. The van der Waals surface area contributed by atoms with Gasteiger partial charge in [-0.15, -0.1) is 0 Å². The number of esters is 1. The number of carbonyl (C=O) groups is 2. The van der Waals surface area contributed by atoms with Gasteiger partial charge < -0.3 is 9.64 Å². The van der Waals surface area contributed by atoms with Crippen LogP contribution >= 0.6 is 0 Å². The first-order valence-electron chi connectivity index (χ1n) is 10.1. The van der Waals surface area contributed by atoms with Gasteiger partial charge in [-0.2, -0.15) is 13.2 Å². The van der Waals surface area contributed by atoms with Crippen LogP contribution in [0.3, 0.4) is 0 Å². The van der Waals surface area contributed by atoms with Crippen LogP contribution in [-0.4, -0.2) is 54.0 Å². The van der Waals surface area contributed by atoms with Gasteiger partial charge in [0, 0.05) is 32.7 Å². The predicted octanol–water partition coefficient (Wildman–Crippen LogP) is 3.52. The van der Waals surface area contributed by atoms with E-state index in [0.717, 1.165) is 18.7 Å². The molecule has 1 amide bonds. The average Bonchev–Trinajstić information content (AvgIpc) is 2.74. The zero-order valence-electron chi connectivity index (χ0n) is 17.3. The molecule has 0 aromatic heterocycles. The van der Waals surface area contributed by atoms with E-state index in [-0.39, 0.29) is 17.9 Å². The second-order valence-corrected chi connectivity index (χ2v) is 7.59. The molecule has 2 aromatic carbocycles. The molecule has 5 nitrogen and oxygen atoms in total. The van der Waals surface area contributed by atoms with Crippen molar-refractivity contribution in [3.05, 3.63) is 71.3 Å². The average molecular weight is 434 g/mol. The maximum atomic E-state index is 12.8. The maximum Gasteiger partial charge on any atom is 0.416 e. The van der Waals surface area contributed by atoms with Crippen LogP contribution in [-0.2, 0) is 33.5 Å². The molecule has 166 valence electrons. The topological polar surface area (TPSA) is 49.9 Å². The normalized spacial score (nSPS) is 16.1. The molecule has 1 fully saturated rings. The largest absolute Gasteiger partial charge is 0.452 e. The second-order valence-electron chi connectivity index (χ2n) is 7.59. The van der Waals surface area contributed by atoms with Gasteiger partial charge in [-0.05, 0) is 24.1 Å². The minimum atomic E-state index is -4.48. The molecular weight excluding hydrogens is 409 g/mol. The van der Waals surface area contributed by atoms with E-state index in [9.17, 15) is 22.8 Å². The number of nitrogens with zero attached hydrogens (tertiary/aromatic N) is 2. The number of hydrogen-bond acceptors (Lipinski definition) is 4. The highest BCUT2D eigenvalue weighted by atomic mass is 19.4. The second kappa shape index (κ2) is 9.96. The fourth-order valence-electron chi connectivity index (χ4n) is 3.54. The number of alkyl halides is 3. The van der Waals surface area contributed by atoms with E-state index in [1.54, 1.807) is 4.90 Å². The van der Waals surface area contributed by atoms with Gasteiger partial charge in [-0.1, -0.05) is 48.5 Å². The summed E-state index contributed by atoms with van der Waals surface area (Å²) in [6.45, 7) is 4.78. The Kier molecular flexibility index (Phi) is 7.33. The fourth-order valence-corrected chi connectivity index (χ4v) is 3.54. The van der Waals surface area contributed by atoms with E-state index in [2.05, 4.69) is 17.0 Å². The molecule has 0 spiro atoms. The summed E-state index contributed by atoms with van der Waals surface area (Å²) >= 11 is 0. The molecule has 1 heterocycles. The monoisotopic (exact) mass is 434 g/mol. The lowest BCUT2D eigenvalue weighted by Gasteiger charge is -2.35. The molecule has 1 aliphatic rings. The van der Waals surface area contributed by atoms with Crippen molar-refractivity contribution in [1.29, 1.82) is 0 Å².